The summed E-state index contributed by atoms with van der Waals surface area (Å²) >= 11 is 6.57. The highest BCUT2D eigenvalue weighted by Gasteiger charge is 2.29. The monoisotopic (exact) mass is 295 g/mol. The second-order valence-corrected chi connectivity index (χ2v) is 6.27. The van der Waals surface area contributed by atoms with E-state index in [0.717, 1.165) is 35.9 Å². The molecule has 1 fully saturated rings. The molecular formula is C16H22ClNO2. The zero-order valence-corrected chi connectivity index (χ0v) is 12.9. The highest BCUT2D eigenvalue weighted by Crippen LogP contribution is 2.46. The molecule has 1 aromatic rings. The molecule has 110 valence electrons. The van der Waals surface area contributed by atoms with E-state index >= 15 is 0 Å². The minimum absolute atomic E-state index is 0.344. The Morgan fingerprint density at radius 2 is 2.05 bits per heavy atom. The summed E-state index contributed by atoms with van der Waals surface area (Å²) in [7, 11) is 0. The summed E-state index contributed by atoms with van der Waals surface area (Å²) in [5.41, 5.74) is 2.43. The lowest BCUT2D eigenvalue weighted by Crippen LogP contribution is -2.17. The first kappa shape index (κ1) is 14.0. The number of rotatable bonds is 2. The smallest absolute Gasteiger partial charge is 0.165 e. The van der Waals surface area contributed by atoms with Gasteiger partial charge in [0.05, 0.1) is 13.2 Å². The Hall–Kier alpha value is -0.930. The zero-order chi connectivity index (χ0) is 14.1. The molecule has 0 aliphatic carbocycles. The standard InChI is InChI=1S/C16H22ClNO2/c1-10(2)14-15(12-5-3-6-18-12)11(17)9-13-16(14)20-8-4-7-19-13/h9-10,12,18H,3-8H2,1-2H3. The van der Waals surface area contributed by atoms with Gasteiger partial charge in [-0.1, -0.05) is 25.4 Å². The van der Waals surface area contributed by atoms with E-state index in [-0.39, 0.29) is 0 Å². The molecule has 20 heavy (non-hydrogen) atoms. The van der Waals surface area contributed by atoms with Gasteiger partial charge < -0.3 is 14.8 Å². The molecule has 1 atom stereocenters. The molecular weight excluding hydrogens is 274 g/mol. The summed E-state index contributed by atoms with van der Waals surface area (Å²) < 4.78 is 11.8. The fraction of sp³-hybridized carbons (Fsp3) is 0.625. The largest absolute Gasteiger partial charge is 0.489 e. The van der Waals surface area contributed by atoms with Gasteiger partial charge in [0, 0.05) is 29.1 Å². The van der Waals surface area contributed by atoms with Crippen molar-refractivity contribution in [3.8, 4) is 11.5 Å². The van der Waals surface area contributed by atoms with E-state index in [2.05, 4.69) is 19.2 Å². The van der Waals surface area contributed by atoms with Crippen LogP contribution in [-0.2, 0) is 0 Å². The molecule has 0 radical (unpaired) electrons. The molecule has 1 aromatic carbocycles. The lowest BCUT2D eigenvalue weighted by molar-refractivity contribution is 0.295. The van der Waals surface area contributed by atoms with Crippen LogP contribution in [0.4, 0.5) is 0 Å². The molecule has 4 heteroatoms. The summed E-state index contributed by atoms with van der Waals surface area (Å²) in [4.78, 5) is 0. The Morgan fingerprint density at radius 3 is 2.75 bits per heavy atom. The molecule has 1 saturated heterocycles. The number of halogens is 1. The van der Waals surface area contributed by atoms with E-state index in [1.807, 2.05) is 6.07 Å². The number of hydrogen-bond donors (Lipinski definition) is 1. The number of benzene rings is 1. The maximum absolute atomic E-state index is 6.57. The van der Waals surface area contributed by atoms with E-state index in [4.69, 9.17) is 21.1 Å². The highest BCUT2D eigenvalue weighted by molar-refractivity contribution is 6.31. The lowest BCUT2D eigenvalue weighted by atomic mass is 9.90. The van der Waals surface area contributed by atoms with E-state index in [1.54, 1.807) is 0 Å². The number of ether oxygens (including phenoxy) is 2. The lowest BCUT2D eigenvalue weighted by Gasteiger charge is -2.24. The summed E-state index contributed by atoms with van der Waals surface area (Å²) in [5.74, 6) is 2.07. The predicted octanol–water partition coefficient (Wildman–Crippen LogP) is 4.05. The van der Waals surface area contributed by atoms with Crippen LogP contribution in [0, 0.1) is 0 Å². The summed E-state index contributed by atoms with van der Waals surface area (Å²) in [6.45, 7) is 6.86. The molecule has 0 bridgehead atoms. The van der Waals surface area contributed by atoms with Crippen LogP contribution in [0.3, 0.4) is 0 Å². The van der Waals surface area contributed by atoms with Crippen LogP contribution >= 0.6 is 11.6 Å². The molecule has 0 saturated carbocycles. The van der Waals surface area contributed by atoms with Crippen molar-refractivity contribution in [2.45, 2.75) is 45.1 Å². The van der Waals surface area contributed by atoms with Gasteiger partial charge in [-0.3, -0.25) is 0 Å². The van der Waals surface area contributed by atoms with Crippen LogP contribution in [0.1, 0.15) is 56.2 Å². The second kappa shape index (κ2) is 5.82. The van der Waals surface area contributed by atoms with Crippen LogP contribution in [0.25, 0.3) is 0 Å². The first-order valence-electron chi connectivity index (χ1n) is 7.53. The molecule has 0 amide bonds. The number of nitrogens with one attached hydrogen (secondary N) is 1. The van der Waals surface area contributed by atoms with Crippen LogP contribution in [0.5, 0.6) is 11.5 Å². The van der Waals surface area contributed by atoms with Gasteiger partial charge in [-0.25, -0.2) is 0 Å². The average Bonchev–Trinajstić information content (AvgIpc) is 2.83. The third kappa shape index (κ3) is 2.49. The first-order chi connectivity index (χ1) is 9.68. The Kier molecular flexibility index (Phi) is 4.08. The molecule has 2 heterocycles. The van der Waals surface area contributed by atoms with Gasteiger partial charge in [0.1, 0.15) is 0 Å². The topological polar surface area (TPSA) is 30.5 Å². The third-order valence-electron chi connectivity index (χ3n) is 4.05. The maximum atomic E-state index is 6.57. The number of fused-ring (bicyclic) bond motifs is 1. The van der Waals surface area contributed by atoms with Crippen molar-refractivity contribution < 1.29 is 9.47 Å². The van der Waals surface area contributed by atoms with E-state index in [1.165, 1.54) is 17.5 Å². The average molecular weight is 296 g/mol. The van der Waals surface area contributed by atoms with Crippen molar-refractivity contribution in [3.63, 3.8) is 0 Å². The highest BCUT2D eigenvalue weighted by atomic mass is 35.5. The first-order valence-corrected chi connectivity index (χ1v) is 7.91. The van der Waals surface area contributed by atoms with Gasteiger partial charge in [-0.15, -0.1) is 0 Å². The van der Waals surface area contributed by atoms with Crippen molar-refractivity contribution in [1.82, 2.24) is 5.32 Å². The molecule has 0 spiro atoms. The van der Waals surface area contributed by atoms with Gasteiger partial charge in [0.15, 0.2) is 11.5 Å². The van der Waals surface area contributed by atoms with Crippen molar-refractivity contribution in [1.29, 1.82) is 0 Å². The Labute approximate surface area is 125 Å². The molecule has 2 aliphatic rings. The minimum Gasteiger partial charge on any atom is -0.489 e. The van der Waals surface area contributed by atoms with E-state index in [0.29, 0.717) is 25.2 Å². The van der Waals surface area contributed by atoms with Crippen LogP contribution in [0.2, 0.25) is 5.02 Å². The zero-order valence-electron chi connectivity index (χ0n) is 12.2. The van der Waals surface area contributed by atoms with Crippen molar-refractivity contribution in [2.75, 3.05) is 19.8 Å². The Bertz CT molecular complexity index is 496. The van der Waals surface area contributed by atoms with Gasteiger partial charge >= 0.3 is 0 Å². The Balaban J connectivity index is 2.14. The van der Waals surface area contributed by atoms with Crippen LogP contribution in [-0.4, -0.2) is 19.8 Å². The molecule has 3 rings (SSSR count). The van der Waals surface area contributed by atoms with Crippen molar-refractivity contribution >= 4 is 11.6 Å². The summed E-state index contributed by atoms with van der Waals surface area (Å²) in [6.07, 6.45) is 3.26. The van der Waals surface area contributed by atoms with E-state index < -0.39 is 0 Å². The molecule has 0 aromatic heterocycles. The predicted molar refractivity (Wildman–Crippen MR) is 81.1 cm³/mol. The third-order valence-corrected chi connectivity index (χ3v) is 4.37. The fourth-order valence-corrected chi connectivity index (χ4v) is 3.50. The summed E-state index contributed by atoms with van der Waals surface area (Å²) in [6, 6.07) is 2.28. The fourth-order valence-electron chi connectivity index (χ4n) is 3.17. The molecule has 3 nitrogen and oxygen atoms in total. The van der Waals surface area contributed by atoms with Gasteiger partial charge in [0.25, 0.3) is 0 Å². The van der Waals surface area contributed by atoms with Gasteiger partial charge in [-0.05, 0) is 30.9 Å². The second-order valence-electron chi connectivity index (χ2n) is 5.87. The van der Waals surface area contributed by atoms with Crippen LogP contribution < -0.4 is 14.8 Å². The van der Waals surface area contributed by atoms with Crippen LogP contribution in [0.15, 0.2) is 6.07 Å². The van der Waals surface area contributed by atoms with E-state index in [9.17, 15) is 0 Å². The Morgan fingerprint density at radius 1 is 1.25 bits per heavy atom. The van der Waals surface area contributed by atoms with Crippen molar-refractivity contribution in [2.24, 2.45) is 0 Å². The van der Waals surface area contributed by atoms with Gasteiger partial charge in [-0.2, -0.15) is 0 Å². The molecule has 1 unspecified atom stereocenters. The van der Waals surface area contributed by atoms with Gasteiger partial charge in [0.2, 0.25) is 0 Å². The summed E-state index contributed by atoms with van der Waals surface area (Å²) in [5, 5.41) is 4.35. The quantitative estimate of drug-likeness (QED) is 0.893. The number of hydrogen-bond acceptors (Lipinski definition) is 3. The normalized spacial score (nSPS) is 22.1. The molecule has 1 N–H and O–H groups in total. The minimum atomic E-state index is 0.344. The molecule has 2 aliphatic heterocycles. The maximum Gasteiger partial charge on any atom is 0.165 e. The van der Waals surface area contributed by atoms with Crippen molar-refractivity contribution in [3.05, 3.63) is 22.2 Å². The SMILES string of the molecule is CC(C)c1c2c(cc(Cl)c1C1CCCN1)OCCCO2.